The van der Waals surface area contributed by atoms with E-state index < -0.39 is 10.0 Å². The lowest BCUT2D eigenvalue weighted by atomic mass is 9.95. The highest BCUT2D eigenvalue weighted by molar-refractivity contribution is 9.10. The molecule has 1 aliphatic heterocycles. The summed E-state index contributed by atoms with van der Waals surface area (Å²) in [6.07, 6.45) is 1.65. The number of rotatable bonds is 3. The first-order valence-corrected chi connectivity index (χ1v) is 8.71. The second-order valence-electron chi connectivity index (χ2n) is 5.08. The quantitative estimate of drug-likeness (QED) is 0.755. The Kier molecular flexibility index (Phi) is 4.41. The van der Waals surface area contributed by atoms with Gasteiger partial charge in [0, 0.05) is 23.6 Å². The maximum atomic E-state index is 12.5. The van der Waals surface area contributed by atoms with Crippen LogP contribution in [0.1, 0.15) is 20.3 Å². The van der Waals surface area contributed by atoms with Gasteiger partial charge in [0.25, 0.3) is 10.0 Å². The molecule has 8 heteroatoms. The fraction of sp³-hybridized carbons (Fsp3) is 0.500. The van der Waals surface area contributed by atoms with Crippen LogP contribution in [0.25, 0.3) is 0 Å². The lowest BCUT2D eigenvalue weighted by Crippen LogP contribution is -2.33. The Bertz CT molecular complexity index is 648. The van der Waals surface area contributed by atoms with Crippen LogP contribution < -0.4 is 0 Å². The molecule has 20 heavy (non-hydrogen) atoms. The van der Waals surface area contributed by atoms with Crippen LogP contribution in [0, 0.1) is 11.8 Å². The van der Waals surface area contributed by atoms with E-state index in [4.69, 9.17) is 11.6 Å². The molecule has 1 amide bonds. The lowest BCUT2D eigenvalue weighted by molar-refractivity contribution is -0.123. The third-order valence-electron chi connectivity index (χ3n) is 3.40. The van der Waals surface area contributed by atoms with Crippen LogP contribution in [0.5, 0.6) is 0 Å². The maximum absolute atomic E-state index is 12.5. The van der Waals surface area contributed by atoms with Crippen LogP contribution in [-0.2, 0) is 14.8 Å². The van der Waals surface area contributed by atoms with Crippen LogP contribution in [0.2, 0.25) is 5.15 Å². The Morgan fingerprint density at radius 1 is 1.50 bits per heavy atom. The average molecular weight is 382 g/mol. The normalized spacial score (nSPS) is 19.9. The molecule has 0 saturated carbocycles. The number of hydrogen-bond donors (Lipinski definition) is 0. The van der Waals surface area contributed by atoms with Gasteiger partial charge < -0.3 is 0 Å². The third kappa shape index (κ3) is 2.84. The van der Waals surface area contributed by atoms with Crippen molar-refractivity contribution in [2.45, 2.75) is 25.2 Å². The van der Waals surface area contributed by atoms with E-state index in [9.17, 15) is 13.2 Å². The number of carbonyl (C=O) groups is 1. The van der Waals surface area contributed by atoms with E-state index in [-0.39, 0.29) is 40.8 Å². The largest absolute Gasteiger partial charge is 0.274 e. The van der Waals surface area contributed by atoms with Gasteiger partial charge in [0.1, 0.15) is 10.0 Å². The number of sulfonamides is 1. The zero-order valence-corrected chi connectivity index (χ0v) is 14.2. The minimum Gasteiger partial charge on any atom is -0.274 e. The summed E-state index contributed by atoms with van der Waals surface area (Å²) < 4.78 is 26.5. The molecule has 0 radical (unpaired) electrons. The van der Waals surface area contributed by atoms with Crippen molar-refractivity contribution in [2.24, 2.45) is 11.8 Å². The second-order valence-corrected chi connectivity index (χ2v) is 8.19. The molecule has 1 saturated heterocycles. The molecule has 0 N–H and O–H groups in total. The highest BCUT2D eigenvalue weighted by Gasteiger charge is 2.40. The molecule has 1 fully saturated rings. The summed E-state index contributed by atoms with van der Waals surface area (Å²) in [4.78, 5) is 15.6. The molecule has 2 rings (SSSR count). The van der Waals surface area contributed by atoms with E-state index in [2.05, 4.69) is 20.9 Å². The molecule has 0 spiro atoms. The van der Waals surface area contributed by atoms with Gasteiger partial charge >= 0.3 is 0 Å². The first-order valence-electron chi connectivity index (χ1n) is 6.10. The predicted molar refractivity (Wildman–Crippen MR) is 78.8 cm³/mol. The van der Waals surface area contributed by atoms with Crippen molar-refractivity contribution in [1.82, 2.24) is 9.29 Å². The van der Waals surface area contributed by atoms with Gasteiger partial charge in [-0.2, -0.15) is 0 Å². The van der Waals surface area contributed by atoms with Crippen LogP contribution >= 0.6 is 27.5 Å². The Morgan fingerprint density at radius 3 is 2.70 bits per heavy atom. The van der Waals surface area contributed by atoms with Gasteiger partial charge in [-0.05, 0) is 33.8 Å². The summed E-state index contributed by atoms with van der Waals surface area (Å²) in [6.45, 7) is 4.14. The van der Waals surface area contributed by atoms with Gasteiger partial charge in [0.2, 0.25) is 5.91 Å². The minimum absolute atomic E-state index is 0.0381. The highest BCUT2D eigenvalue weighted by Crippen LogP contribution is 2.32. The van der Waals surface area contributed by atoms with Crippen molar-refractivity contribution in [3.63, 3.8) is 0 Å². The minimum atomic E-state index is -3.95. The van der Waals surface area contributed by atoms with Crippen molar-refractivity contribution in [3.8, 4) is 0 Å². The SMILES string of the molecule is CC(C)C1CC(=O)N(S(=O)(=O)c2cc(Br)cnc2Cl)C1. The van der Waals surface area contributed by atoms with E-state index in [1.807, 2.05) is 13.8 Å². The first kappa shape index (κ1) is 15.7. The number of pyridine rings is 1. The highest BCUT2D eigenvalue weighted by atomic mass is 79.9. The Morgan fingerprint density at radius 2 is 2.15 bits per heavy atom. The smallest absolute Gasteiger partial charge is 0.269 e. The second kappa shape index (κ2) is 5.61. The zero-order valence-electron chi connectivity index (χ0n) is 11.0. The summed E-state index contributed by atoms with van der Waals surface area (Å²) in [5, 5.41) is -0.131. The summed E-state index contributed by atoms with van der Waals surface area (Å²) in [5.74, 6) is -0.105. The number of halogens is 2. The van der Waals surface area contributed by atoms with Gasteiger partial charge in [-0.15, -0.1) is 0 Å². The molecule has 1 aromatic rings. The number of nitrogens with zero attached hydrogens (tertiary/aromatic N) is 2. The fourth-order valence-corrected chi connectivity index (χ4v) is 4.48. The van der Waals surface area contributed by atoms with Crippen LogP contribution in [-0.4, -0.2) is 30.2 Å². The fourth-order valence-electron chi connectivity index (χ4n) is 2.09. The molecule has 1 aromatic heterocycles. The molecule has 1 atom stereocenters. The van der Waals surface area contributed by atoms with Gasteiger partial charge in [-0.25, -0.2) is 17.7 Å². The van der Waals surface area contributed by atoms with Crippen molar-refractivity contribution in [3.05, 3.63) is 21.9 Å². The molecule has 1 unspecified atom stereocenters. The van der Waals surface area contributed by atoms with E-state index in [0.29, 0.717) is 4.47 Å². The van der Waals surface area contributed by atoms with E-state index in [1.54, 1.807) is 0 Å². The van der Waals surface area contributed by atoms with Gasteiger partial charge in [-0.1, -0.05) is 25.4 Å². The van der Waals surface area contributed by atoms with Crippen LogP contribution in [0.3, 0.4) is 0 Å². The molecule has 2 heterocycles. The lowest BCUT2D eigenvalue weighted by Gasteiger charge is -2.18. The molecule has 5 nitrogen and oxygen atoms in total. The van der Waals surface area contributed by atoms with E-state index in [1.165, 1.54) is 12.3 Å². The van der Waals surface area contributed by atoms with Crippen molar-refractivity contribution < 1.29 is 13.2 Å². The Labute approximate surface area is 131 Å². The van der Waals surface area contributed by atoms with Crippen molar-refractivity contribution in [2.75, 3.05) is 6.54 Å². The maximum Gasteiger partial charge on any atom is 0.269 e. The number of amides is 1. The van der Waals surface area contributed by atoms with Crippen LogP contribution in [0.15, 0.2) is 21.6 Å². The Hall–Kier alpha value is -0.660. The summed E-state index contributed by atoms with van der Waals surface area (Å²) in [6, 6.07) is 1.36. The molecule has 110 valence electrons. The zero-order chi connectivity index (χ0) is 15.1. The van der Waals surface area contributed by atoms with E-state index >= 15 is 0 Å². The third-order valence-corrected chi connectivity index (χ3v) is 6.05. The topological polar surface area (TPSA) is 67.3 Å². The summed E-state index contributed by atoms with van der Waals surface area (Å²) in [7, 11) is -3.95. The van der Waals surface area contributed by atoms with Crippen molar-refractivity contribution >= 4 is 43.5 Å². The average Bonchev–Trinajstić information content (AvgIpc) is 2.75. The standard InChI is InChI=1S/C12H14BrClN2O3S/c1-7(2)8-3-11(17)16(6-8)20(18,19)10-4-9(13)5-15-12(10)14/h4-5,7-8H,3,6H2,1-2H3. The van der Waals surface area contributed by atoms with Crippen molar-refractivity contribution in [1.29, 1.82) is 0 Å². The van der Waals surface area contributed by atoms with Gasteiger partial charge in [0.15, 0.2) is 0 Å². The number of carbonyl (C=O) groups excluding carboxylic acids is 1. The summed E-state index contributed by atoms with van der Waals surface area (Å²) >= 11 is 9.02. The summed E-state index contributed by atoms with van der Waals surface area (Å²) in [5.41, 5.74) is 0. The number of hydrogen-bond acceptors (Lipinski definition) is 4. The number of aromatic nitrogens is 1. The van der Waals surface area contributed by atoms with E-state index in [0.717, 1.165) is 4.31 Å². The van der Waals surface area contributed by atoms with Gasteiger partial charge in [0.05, 0.1) is 0 Å². The molecule has 1 aliphatic rings. The monoisotopic (exact) mass is 380 g/mol. The Balaban J connectivity index is 2.41. The van der Waals surface area contributed by atoms with Gasteiger partial charge in [-0.3, -0.25) is 4.79 Å². The molecular weight excluding hydrogens is 368 g/mol. The molecule has 0 aromatic carbocycles. The first-order chi connectivity index (χ1) is 9.23. The predicted octanol–water partition coefficient (Wildman–Crippen LogP) is 2.69. The molecular formula is C12H14BrClN2O3S. The molecule has 0 bridgehead atoms. The molecule has 0 aliphatic carbocycles. The van der Waals surface area contributed by atoms with Crippen LogP contribution in [0.4, 0.5) is 0 Å².